The molecule has 0 aliphatic heterocycles. The predicted octanol–water partition coefficient (Wildman–Crippen LogP) is 6.38. The highest BCUT2D eigenvalue weighted by Crippen LogP contribution is 2.52. The van der Waals surface area contributed by atoms with Crippen LogP contribution in [-0.2, 0) is 17.2 Å². The third-order valence-electron chi connectivity index (χ3n) is 6.31. The largest absolute Gasteiger partial charge is 0.465 e. The summed E-state index contributed by atoms with van der Waals surface area (Å²) >= 11 is 0.792. The van der Waals surface area contributed by atoms with Crippen LogP contribution in [0.5, 0.6) is 0 Å². The van der Waals surface area contributed by atoms with Gasteiger partial charge in [-0.05, 0) is 34.0 Å². The van der Waals surface area contributed by atoms with Gasteiger partial charge in [0.2, 0.25) is 0 Å². The minimum Gasteiger partial charge on any atom is -0.465 e. The Labute approximate surface area is 229 Å². The summed E-state index contributed by atoms with van der Waals surface area (Å²) in [6, 6.07) is 13.2. The molecule has 1 N–H and O–H groups in total. The number of hydrogen-bond acceptors (Lipinski definition) is 7. The summed E-state index contributed by atoms with van der Waals surface area (Å²) in [6.07, 6.45) is -6.58. The van der Waals surface area contributed by atoms with Crippen molar-refractivity contribution in [1.29, 1.82) is 0 Å². The number of thiophene rings is 1. The van der Waals surface area contributed by atoms with Gasteiger partial charge in [0.05, 0.1) is 12.6 Å². The number of aromatic nitrogens is 6. The quantitative estimate of drug-likeness (QED) is 0.173. The molecule has 0 saturated heterocycles. The van der Waals surface area contributed by atoms with Gasteiger partial charge in [0.1, 0.15) is 10.4 Å². The molecule has 2 aromatic carbocycles. The molecule has 0 spiro atoms. The number of H-pyrrole nitrogens is 1. The number of fused-ring (bicyclic) bond motifs is 1. The first-order chi connectivity index (χ1) is 19.3. The zero-order chi connectivity index (χ0) is 29.7. The van der Waals surface area contributed by atoms with Crippen LogP contribution in [-0.4, -0.2) is 55.4 Å². The Balaban J connectivity index is 1.63. The number of nitrogens with zero attached hydrogens (tertiary/aromatic N) is 5. The van der Waals surface area contributed by atoms with Crippen molar-refractivity contribution in [2.45, 2.75) is 31.5 Å². The summed E-state index contributed by atoms with van der Waals surface area (Å²) in [4.78, 5) is 15.8. The molecule has 3 aromatic heterocycles. The molecule has 0 fully saturated rings. The summed E-state index contributed by atoms with van der Waals surface area (Å²) in [6.45, 7) is 0.764. The second kappa shape index (κ2) is 9.94. The minimum absolute atomic E-state index is 0.153. The molecule has 0 aliphatic rings. The summed E-state index contributed by atoms with van der Waals surface area (Å²) < 4.78 is 103. The van der Waals surface area contributed by atoms with Crippen LogP contribution in [0.2, 0.25) is 0 Å². The lowest BCUT2D eigenvalue weighted by Gasteiger charge is -2.28. The van der Waals surface area contributed by atoms with Gasteiger partial charge in [-0.1, -0.05) is 48.5 Å². The van der Waals surface area contributed by atoms with Gasteiger partial charge in [-0.15, -0.1) is 16.4 Å². The molecule has 3 heterocycles. The molecular weight excluding hydrogens is 581 g/mol. The number of halogens is 7. The average Bonchev–Trinajstić information content (AvgIpc) is 3.67. The molecule has 5 aromatic rings. The van der Waals surface area contributed by atoms with Gasteiger partial charge in [0.15, 0.2) is 11.6 Å². The van der Waals surface area contributed by atoms with E-state index in [1.807, 2.05) is 0 Å². The summed E-state index contributed by atoms with van der Waals surface area (Å²) in [5.74, 6) is -14.7. The zero-order valence-corrected chi connectivity index (χ0v) is 21.7. The molecule has 0 saturated carbocycles. The lowest BCUT2D eigenvalue weighted by atomic mass is 9.98. The minimum atomic E-state index is -6.58. The van der Waals surface area contributed by atoms with Gasteiger partial charge in [-0.3, -0.25) is 0 Å². The maximum absolute atomic E-state index is 15.0. The number of carbonyl (C=O) groups excluding carboxylic acids is 1. The van der Waals surface area contributed by atoms with Gasteiger partial charge in [0.25, 0.3) is 0 Å². The number of benzene rings is 2. The van der Waals surface area contributed by atoms with Crippen molar-refractivity contribution < 1.29 is 40.3 Å². The monoisotopic (exact) mass is 598 g/mol. The van der Waals surface area contributed by atoms with Gasteiger partial charge in [0, 0.05) is 17.0 Å². The van der Waals surface area contributed by atoms with Crippen molar-refractivity contribution >= 4 is 28.3 Å². The molecular formula is C25H17F7N6O2S. The van der Waals surface area contributed by atoms with E-state index < -0.39 is 36.4 Å². The maximum Gasteiger partial charge on any atom is 0.460 e. The van der Waals surface area contributed by atoms with Crippen molar-refractivity contribution in [2.75, 3.05) is 7.11 Å². The molecule has 16 heteroatoms. The third-order valence-corrected chi connectivity index (χ3v) is 7.37. The maximum atomic E-state index is 15.0. The molecule has 0 unspecified atom stereocenters. The summed E-state index contributed by atoms with van der Waals surface area (Å²) in [7, 11) is 1.02. The van der Waals surface area contributed by atoms with E-state index >= 15 is 8.78 Å². The Hall–Kier alpha value is -4.34. The molecule has 0 amide bonds. The first-order valence-corrected chi connectivity index (χ1v) is 12.4. The van der Waals surface area contributed by atoms with Crippen LogP contribution in [0, 0.1) is 6.92 Å². The zero-order valence-electron chi connectivity index (χ0n) is 20.9. The molecule has 0 atom stereocenters. The number of alkyl halides is 7. The molecule has 5 rings (SSSR count). The number of aryl methyl sites for hydroxylation is 1. The fourth-order valence-electron chi connectivity index (χ4n) is 4.31. The number of aromatic amines is 1. The van der Waals surface area contributed by atoms with Crippen molar-refractivity contribution in [3.63, 3.8) is 0 Å². The summed E-state index contributed by atoms with van der Waals surface area (Å²) in [5, 5.41) is 13.7. The highest BCUT2D eigenvalue weighted by molar-refractivity contribution is 7.15. The van der Waals surface area contributed by atoms with Crippen LogP contribution in [0.25, 0.3) is 33.5 Å². The van der Waals surface area contributed by atoms with Crippen LogP contribution in [0.4, 0.5) is 30.7 Å². The number of methoxy groups -OCH3 is 1. The normalized spacial score (nSPS) is 12.7. The van der Waals surface area contributed by atoms with E-state index in [0.29, 0.717) is 27.1 Å². The highest BCUT2D eigenvalue weighted by Gasteiger charge is 2.75. The fraction of sp³-hybridized carbons (Fsp3) is 0.240. The Morgan fingerprint density at radius 2 is 1.66 bits per heavy atom. The van der Waals surface area contributed by atoms with Gasteiger partial charge in [-0.2, -0.15) is 30.7 Å². The number of carbonyl (C=O) groups is 1. The van der Waals surface area contributed by atoms with Crippen molar-refractivity contribution in [1.82, 2.24) is 30.2 Å². The van der Waals surface area contributed by atoms with Gasteiger partial charge < -0.3 is 9.30 Å². The number of nitrogens with one attached hydrogen (secondary N) is 1. The van der Waals surface area contributed by atoms with E-state index in [-0.39, 0.29) is 26.4 Å². The molecule has 0 aliphatic carbocycles. The van der Waals surface area contributed by atoms with Gasteiger partial charge >= 0.3 is 24.0 Å². The lowest BCUT2D eigenvalue weighted by Crippen LogP contribution is -2.51. The number of esters is 1. The van der Waals surface area contributed by atoms with E-state index in [9.17, 15) is 26.7 Å². The molecule has 214 valence electrons. The van der Waals surface area contributed by atoms with Crippen LogP contribution < -0.4 is 0 Å². The molecule has 41 heavy (non-hydrogen) atoms. The Bertz CT molecular complexity index is 1730. The first kappa shape index (κ1) is 28.2. The SMILES string of the molecule is COC(=O)c1sc(C)c2nc(C(F)(F)C(F)(F)C(F)(F)F)n(Cc3ccc(-c4ccccc4-c4nnn[nH]4)cc3)c12. The Morgan fingerprint density at radius 1 is 1.00 bits per heavy atom. The van der Waals surface area contributed by atoms with E-state index in [1.165, 1.54) is 19.1 Å². The number of ether oxygens (including phenoxy) is 1. The van der Waals surface area contributed by atoms with Crippen molar-refractivity contribution in [3.8, 4) is 22.5 Å². The third kappa shape index (κ3) is 4.61. The van der Waals surface area contributed by atoms with E-state index in [0.717, 1.165) is 18.4 Å². The van der Waals surface area contributed by atoms with E-state index in [2.05, 4.69) is 30.3 Å². The molecule has 0 bridgehead atoms. The number of tetrazole rings is 1. The van der Waals surface area contributed by atoms with E-state index in [1.54, 1.807) is 36.4 Å². The van der Waals surface area contributed by atoms with E-state index in [4.69, 9.17) is 0 Å². The number of hydrogen-bond donors (Lipinski definition) is 1. The fourth-order valence-corrected chi connectivity index (χ4v) is 5.32. The number of rotatable bonds is 7. The van der Waals surface area contributed by atoms with Gasteiger partial charge in [-0.25, -0.2) is 14.9 Å². The lowest BCUT2D eigenvalue weighted by molar-refractivity contribution is -0.361. The predicted molar refractivity (Wildman–Crippen MR) is 133 cm³/mol. The van der Waals surface area contributed by atoms with Crippen molar-refractivity contribution in [3.05, 3.63) is 69.7 Å². The van der Waals surface area contributed by atoms with Crippen molar-refractivity contribution in [2.24, 2.45) is 0 Å². The van der Waals surface area contributed by atoms with Crippen LogP contribution >= 0.6 is 11.3 Å². The second-order valence-corrected chi connectivity index (χ2v) is 10.1. The standard InChI is InChI=1S/C25H17F7N6O2S/c1-12-17-18(19(41-12)21(39)40-2)38(22(33-17)23(26,27)24(28,29)25(30,31)32)11-13-7-9-14(10-8-13)15-5-3-4-6-16(15)20-34-36-37-35-20/h3-10H,11H2,1-2H3,(H,34,35,36,37). The number of imidazole rings is 1. The topological polar surface area (TPSA) is 98.6 Å². The molecule has 0 radical (unpaired) electrons. The smallest absolute Gasteiger partial charge is 0.460 e. The Morgan fingerprint density at radius 3 is 2.24 bits per heavy atom. The average molecular weight is 599 g/mol. The summed E-state index contributed by atoms with van der Waals surface area (Å²) in [5.41, 5.74) is 1.59. The first-order valence-electron chi connectivity index (χ1n) is 11.6. The Kier molecular flexibility index (Phi) is 6.83. The van der Waals surface area contributed by atoms with Crippen LogP contribution in [0.1, 0.15) is 25.9 Å². The molecule has 8 nitrogen and oxygen atoms in total. The van der Waals surface area contributed by atoms with Crippen LogP contribution in [0.3, 0.4) is 0 Å². The highest BCUT2D eigenvalue weighted by atomic mass is 32.1. The van der Waals surface area contributed by atoms with Crippen LogP contribution in [0.15, 0.2) is 48.5 Å². The second-order valence-electron chi connectivity index (χ2n) is 8.84.